The van der Waals surface area contributed by atoms with Gasteiger partial charge in [0.15, 0.2) is 6.73 Å². The SMILES string of the molecule is Cc1ccc(N2COc3c(Cl)cc4c(C)c(C)c(=O)oc4c3C2)c(C)c1. The molecule has 134 valence electrons. The molecule has 3 aromatic rings. The van der Waals surface area contributed by atoms with Gasteiger partial charge in [0.2, 0.25) is 0 Å². The van der Waals surface area contributed by atoms with E-state index in [-0.39, 0.29) is 5.63 Å². The maximum Gasteiger partial charge on any atom is 0.339 e. The first-order valence-corrected chi connectivity index (χ1v) is 8.95. The highest BCUT2D eigenvalue weighted by Crippen LogP contribution is 2.40. The Morgan fingerprint density at radius 1 is 1.08 bits per heavy atom. The van der Waals surface area contributed by atoms with Gasteiger partial charge in [0, 0.05) is 16.6 Å². The molecule has 0 amide bonds. The Bertz CT molecular complexity index is 1100. The highest BCUT2D eigenvalue weighted by atomic mass is 35.5. The second-order valence-corrected chi connectivity index (χ2v) is 7.35. The fourth-order valence-electron chi connectivity index (χ4n) is 3.58. The minimum Gasteiger partial charge on any atom is -0.471 e. The third kappa shape index (κ3) is 2.56. The zero-order chi connectivity index (χ0) is 18.6. The van der Waals surface area contributed by atoms with E-state index in [9.17, 15) is 4.79 Å². The van der Waals surface area contributed by atoms with Crippen molar-refractivity contribution in [1.82, 2.24) is 0 Å². The van der Waals surface area contributed by atoms with Crippen LogP contribution in [0.1, 0.15) is 27.8 Å². The van der Waals surface area contributed by atoms with E-state index < -0.39 is 0 Å². The number of halogens is 1. The molecule has 0 spiro atoms. The van der Waals surface area contributed by atoms with Crippen molar-refractivity contribution in [2.75, 3.05) is 11.6 Å². The summed E-state index contributed by atoms with van der Waals surface area (Å²) in [6.07, 6.45) is 0. The fourth-order valence-corrected chi connectivity index (χ4v) is 3.86. The Morgan fingerprint density at radius 2 is 1.85 bits per heavy atom. The largest absolute Gasteiger partial charge is 0.471 e. The van der Waals surface area contributed by atoms with Crippen LogP contribution in [0.4, 0.5) is 5.69 Å². The van der Waals surface area contributed by atoms with Gasteiger partial charge in [-0.25, -0.2) is 4.79 Å². The molecular formula is C21H20ClNO3. The van der Waals surface area contributed by atoms with Crippen molar-refractivity contribution < 1.29 is 9.15 Å². The van der Waals surface area contributed by atoms with Crippen molar-refractivity contribution in [2.24, 2.45) is 0 Å². The van der Waals surface area contributed by atoms with Crippen LogP contribution in [0.2, 0.25) is 5.02 Å². The van der Waals surface area contributed by atoms with Crippen LogP contribution in [-0.4, -0.2) is 6.73 Å². The van der Waals surface area contributed by atoms with Gasteiger partial charge in [0.25, 0.3) is 0 Å². The molecule has 5 heteroatoms. The monoisotopic (exact) mass is 369 g/mol. The Labute approximate surface area is 156 Å². The molecule has 26 heavy (non-hydrogen) atoms. The molecule has 0 N–H and O–H groups in total. The van der Waals surface area contributed by atoms with E-state index in [4.69, 9.17) is 20.8 Å². The van der Waals surface area contributed by atoms with Crippen LogP contribution in [0.15, 0.2) is 33.5 Å². The lowest BCUT2D eigenvalue weighted by Gasteiger charge is -2.32. The number of ether oxygens (including phenoxy) is 1. The van der Waals surface area contributed by atoms with E-state index in [1.165, 1.54) is 11.1 Å². The average molecular weight is 370 g/mol. The smallest absolute Gasteiger partial charge is 0.339 e. The van der Waals surface area contributed by atoms with E-state index in [0.717, 1.165) is 22.2 Å². The van der Waals surface area contributed by atoms with Crippen LogP contribution in [0, 0.1) is 27.7 Å². The summed E-state index contributed by atoms with van der Waals surface area (Å²) in [5.41, 5.74) is 6.06. The molecule has 1 aliphatic rings. The maximum absolute atomic E-state index is 12.2. The van der Waals surface area contributed by atoms with Crippen molar-refractivity contribution in [1.29, 1.82) is 0 Å². The second-order valence-electron chi connectivity index (χ2n) is 6.94. The summed E-state index contributed by atoms with van der Waals surface area (Å²) in [5.74, 6) is 0.603. The second kappa shape index (κ2) is 6.06. The molecule has 0 radical (unpaired) electrons. The van der Waals surface area contributed by atoms with Crippen LogP contribution < -0.4 is 15.3 Å². The number of hydrogen-bond acceptors (Lipinski definition) is 4. The summed E-state index contributed by atoms with van der Waals surface area (Å²) in [6, 6.07) is 8.15. The third-order valence-corrected chi connectivity index (χ3v) is 5.44. The highest BCUT2D eigenvalue weighted by molar-refractivity contribution is 6.33. The topological polar surface area (TPSA) is 42.7 Å². The standard InChI is InChI=1S/C21H20ClNO3/c1-11-5-6-18(12(2)7-11)23-9-16-19-15(8-17(22)20(16)25-10-23)13(3)14(4)21(24)26-19/h5-8H,9-10H2,1-4H3. The number of aryl methyl sites for hydroxylation is 3. The zero-order valence-electron chi connectivity index (χ0n) is 15.3. The van der Waals surface area contributed by atoms with Crippen LogP contribution >= 0.6 is 11.6 Å². The molecule has 2 aromatic carbocycles. The molecule has 0 bridgehead atoms. The first-order valence-electron chi connectivity index (χ1n) is 8.57. The Balaban J connectivity index is 1.90. The number of hydrogen-bond donors (Lipinski definition) is 0. The van der Waals surface area contributed by atoms with Crippen molar-refractivity contribution in [3.63, 3.8) is 0 Å². The lowest BCUT2D eigenvalue weighted by atomic mass is 10.0. The Morgan fingerprint density at radius 3 is 2.58 bits per heavy atom. The first kappa shape index (κ1) is 17.0. The van der Waals surface area contributed by atoms with Gasteiger partial charge < -0.3 is 14.1 Å². The van der Waals surface area contributed by atoms with Gasteiger partial charge in [-0.15, -0.1) is 0 Å². The van der Waals surface area contributed by atoms with Gasteiger partial charge >= 0.3 is 5.63 Å². The van der Waals surface area contributed by atoms with Gasteiger partial charge in [-0.2, -0.15) is 0 Å². The number of benzene rings is 2. The summed E-state index contributed by atoms with van der Waals surface area (Å²) in [5, 5.41) is 1.40. The molecular weight excluding hydrogens is 350 g/mol. The average Bonchev–Trinajstić information content (AvgIpc) is 2.61. The van der Waals surface area contributed by atoms with Crippen molar-refractivity contribution >= 4 is 28.3 Å². The van der Waals surface area contributed by atoms with Gasteiger partial charge in [-0.1, -0.05) is 29.3 Å². The molecule has 0 unspecified atom stereocenters. The Hall–Kier alpha value is -2.46. The Kier molecular flexibility index (Phi) is 3.96. The summed E-state index contributed by atoms with van der Waals surface area (Å²) in [4.78, 5) is 14.3. The number of rotatable bonds is 1. The normalized spacial score (nSPS) is 13.7. The summed E-state index contributed by atoms with van der Waals surface area (Å²) in [7, 11) is 0. The molecule has 0 saturated heterocycles. The zero-order valence-corrected chi connectivity index (χ0v) is 16.0. The van der Waals surface area contributed by atoms with E-state index in [1.54, 1.807) is 6.92 Å². The molecule has 1 aliphatic heterocycles. The lowest BCUT2D eigenvalue weighted by Crippen LogP contribution is -2.32. The van der Waals surface area contributed by atoms with Crippen molar-refractivity contribution in [2.45, 2.75) is 34.2 Å². The number of nitrogens with zero attached hydrogens (tertiary/aromatic N) is 1. The van der Waals surface area contributed by atoms with Crippen LogP contribution in [0.25, 0.3) is 11.0 Å². The van der Waals surface area contributed by atoms with E-state index in [2.05, 4.69) is 36.9 Å². The highest BCUT2D eigenvalue weighted by Gasteiger charge is 2.26. The van der Waals surface area contributed by atoms with Crippen LogP contribution in [0.3, 0.4) is 0 Å². The van der Waals surface area contributed by atoms with Crippen molar-refractivity contribution in [3.05, 3.63) is 67.5 Å². The van der Waals surface area contributed by atoms with E-state index >= 15 is 0 Å². The van der Waals surface area contributed by atoms with Crippen molar-refractivity contribution in [3.8, 4) is 5.75 Å². The third-order valence-electron chi connectivity index (χ3n) is 5.15. The first-order chi connectivity index (χ1) is 12.4. The molecule has 0 aliphatic carbocycles. The van der Waals surface area contributed by atoms with Gasteiger partial charge in [0.1, 0.15) is 11.3 Å². The molecule has 0 saturated carbocycles. The lowest BCUT2D eigenvalue weighted by molar-refractivity contribution is 0.289. The summed E-state index contributed by atoms with van der Waals surface area (Å²) < 4.78 is 11.6. The molecule has 0 fully saturated rings. The quantitative estimate of drug-likeness (QED) is 0.564. The van der Waals surface area contributed by atoms with E-state index in [0.29, 0.717) is 35.2 Å². The molecule has 1 aromatic heterocycles. The minimum absolute atomic E-state index is 0.317. The predicted molar refractivity (Wildman–Crippen MR) is 105 cm³/mol. The van der Waals surface area contributed by atoms with Gasteiger partial charge in [-0.3, -0.25) is 0 Å². The number of anilines is 1. The maximum atomic E-state index is 12.2. The summed E-state index contributed by atoms with van der Waals surface area (Å²) >= 11 is 6.47. The molecule has 4 nitrogen and oxygen atoms in total. The van der Waals surface area contributed by atoms with E-state index in [1.807, 2.05) is 13.0 Å². The van der Waals surface area contributed by atoms with Gasteiger partial charge in [-0.05, 0) is 51.0 Å². The molecule has 2 heterocycles. The van der Waals surface area contributed by atoms with Gasteiger partial charge in [0.05, 0.1) is 17.1 Å². The predicted octanol–water partition coefficient (Wildman–Crippen LogP) is 5.04. The number of fused-ring (bicyclic) bond motifs is 3. The summed E-state index contributed by atoms with van der Waals surface area (Å²) in [6.45, 7) is 8.82. The minimum atomic E-state index is -0.317. The molecule has 0 atom stereocenters. The van der Waals surface area contributed by atoms with Crippen LogP contribution in [0.5, 0.6) is 5.75 Å². The fraction of sp³-hybridized carbons (Fsp3) is 0.286. The van der Waals surface area contributed by atoms with Crippen LogP contribution in [-0.2, 0) is 6.54 Å². The molecule has 4 rings (SSSR count).